The van der Waals surface area contributed by atoms with Gasteiger partial charge in [0, 0.05) is 31.0 Å². The molecule has 1 aliphatic rings. The third-order valence-corrected chi connectivity index (χ3v) is 3.50. The normalized spacial score (nSPS) is 18.5. The first kappa shape index (κ1) is 13.7. The maximum Gasteiger partial charge on any atom is 0.237 e. The number of pyridine rings is 1. The fraction of sp³-hybridized carbons (Fsp3) is 0.429. The highest BCUT2D eigenvalue weighted by Gasteiger charge is 2.24. The van der Waals surface area contributed by atoms with Crippen molar-refractivity contribution < 1.29 is 9.32 Å². The fourth-order valence-electron chi connectivity index (χ4n) is 2.36. The van der Waals surface area contributed by atoms with Crippen LogP contribution in [0.1, 0.15) is 18.4 Å². The molecule has 2 aromatic heterocycles. The summed E-state index contributed by atoms with van der Waals surface area (Å²) < 4.78 is 5.27. The van der Waals surface area contributed by atoms with Gasteiger partial charge in [-0.25, -0.2) is 0 Å². The van der Waals surface area contributed by atoms with Gasteiger partial charge in [-0.2, -0.15) is 4.98 Å². The van der Waals surface area contributed by atoms with Crippen molar-refractivity contribution in [3.8, 4) is 11.4 Å². The number of aromatic nitrogens is 3. The number of hydrogen-bond donors (Lipinski definition) is 2. The average molecular weight is 287 g/mol. The number of carbonyl (C=O) groups excluding carboxylic acids is 1. The zero-order valence-electron chi connectivity index (χ0n) is 11.8. The van der Waals surface area contributed by atoms with Gasteiger partial charge in [0.2, 0.25) is 17.6 Å². The Balaban J connectivity index is 1.78. The largest absolute Gasteiger partial charge is 0.353 e. The number of piperazine rings is 1. The predicted molar refractivity (Wildman–Crippen MR) is 75.4 cm³/mol. The zero-order valence-corrected chi connectivity index (χ0v) is 11.8. The lowest BCUT2D eigenvalue weighted by molar-refractivity contribution is -0.124. The van der Waals surface area contributed by atoms with Crippen LogP contribution < -0.4 is 10.6 Å². The molecule has 0 bridgehead atoms. The van der Waals surface area contributed by atoms with E-state index < -0.39 is 0 Å². The summed E-state index contributed by atoms with van der Waals surface area (Å²) in [6.45, 7) is 3.46. The average Bonchev–Trinajstić information content (AvgIpc) is 2.98. The Morgan fingerprint density at radius 3 is 3.14 bits per heavy atom. The summed E-state index contributed by atoms with van der Waals surface area (Å²) >= 11 is 0. The van der Waals surface area contributed by atoms with Gasteiger partial charge in [-0.05, 0) is 18.1 Å². The molecule has 21 heavy (non-hydrogen) atoms. The Bertz CT molecular complexity index is 640. The number of nitrogens with one attached hydrogen (secondary N) is 2. The molecule has 110 valence electrons. The molecule has 2 aromatic rings. The molecule has 0 radical (unpaired) electrons. The van der Waals surface area contributed by atoms with Gasteiger partial charge in [0.15, 0.2) is 0 Å². The topological polar surface area (TPSA) is 92.9 Å². The van der Waals surface area contributed by atoms with Gasteiger partial charge in [0.05, 0.1) is 12.5 Å². The Kier molecular flexibility index (Phi) is 3.92. The van der Waals surface area contributed by atoms with Gasteiger partial charge in [0.25, 0.3) is 0 Å². The van der Waals surface area contributed by atoms with Crippen molar-refractivity contribution in [1.82, 2.24) is 25.8 Å². The van der Waals surface area contributed by atoms with Crippen molar-refractivity contribution in [2.75, 3.05) is 13.1 Å². The molecule has 1 unspecified atom stereocenters. The van der Waals surface area contributed by atoms with Crippen molar-refractivity contribution in [3.05, 3.63) is 29.9 Å². The third-order valence-electron chi connectivity index (χ3n) is 3.50. The Morgan fingerprint density at radius 1 is 1.43 bits per heavy atom. The van der Waals surface area contributed by atoms with Gasteiger partial charge in [-0.3, -0.25) is 9.78 Å². The SMILES string of the molecule is CCc1cnccc1-c1noc(CC2NCCNC2=O)n1. The summed E-state index contributed by atoms with van der Waals surface area (Å²) in [6, 6.07) is 1.56. The van der Waals surface area contributed by atoms with Crippen LogP contribution in [-0.2, 0) is 17.6 Å². The first-order valence-electron chi connectivity index (χ1n) is 7.05. The number of rotatable bonds is 4. The lowest BCUT2D eigenvalue weighted by atomic mass is 10.1. The summed E-state index contributed by atoms with van der Waals surface area (Å²) in [4.78, 5) is 20.2. The summed E-state index contributed by atoms with van der Waals surface area (Å²) in [5.41, 5.74) is 1.99. The summed E-state index contributed by atoms with van der Waals surface area (Å²) in [7, 11) is 0. The summed E-state index contributed by atoms with van der Waals surface area (Å²) in [6.07, 6.45) is 4.76. The van der Waals surface area contributed by atoms with Gasteiger partial charge >= 0.3 is 0 Å². The van der Waals surface area contributed by atoms with E-state index in [1.165, 1.54) is 0 Å². The minimum atomic E-state index is -0.310. The smallest absolute Gasteiger partial charge is 0.237 e. The Hall–Kier alpha value is -2.28. The van der Waals surface area contributed by atoms with E-state index in [9.17, 15) is 4.79 Å². The van der Waals surface area contributed by atoms with Crippen molar-refractivity contribution in [2.45, 2.75) is 25.8 Å². The number of aryl methyl sites for hydroxylation is 1. The van der Waals surface area contributed by atoms with E-state index in [-0.39, 0.29) is 11.9 Å². The fourth-order valence-corrected chi connectivity index (χ4v) is 2.36. The van der Waals surface area contributed by atoms with Gasteiger partial charge in [0.1, 0.15) is 0 Å². The van der Waals surface area contributed by atoms with Gasteiger partial charge in [-0.1, -0.05) is 12.1 Å². The van der Waals surface area contributed by atoms with Crippen LogP contribution in [-0.4, -0.2) is 40.2 Å². The Morgan fingerprint density at radius 2 is 2.33 bits per heavy atom. The number of carbonyl (C=O) groups is 1. The molecule has 0 aliphatic carbocycles. The van der Waals surface area contributed by atoms with E-state index in [1.54, 1.807) is 6.20 Å². The van der Waals surface area contributed by atoms with E-state index >= 15 is 0 Å². The number of amides is 1. The first-order chi connectivity index (χ1) is 10.3. The maximum atomic E-state index is 11.7. The molecule has 1 atom stereocenters. The van der Waals surface area contributed by atoms with Crippen LogP contribution in [0, 0.1) is 0 Å². The van der Waals surface area contributed by atoms with Crippen LogP contribution in [0.2, 0.25) is 0 Å². The van der Waals surface area contributed by atoms with Crippen LogP contribution in [0.25, 0.3) is 11.4 Å². The summed E-state index contributed by atoms with van der Waals surface area (Å²) in [5, 5.41) is 9.96. The lowest BCUT2D eigenvalue weighted by Crippen LogP contribution is -2.53. The minimum Gasteiger partial charge on any atom is -0.353 e. The highest BCUT2D eigenvalue weighted by Crippen LogP contribution is 2.20. The molecule has 0 aromatic carbocycles. The Labute approximate surface area is 122 Å². The molecule has 7 heteroatoms. The second-order valence-corrected chi connectivity index (χ2v) is 4.90. The molecule has 0 saturated carbocycles. The lowest BCUT2D eigenvalue weighted by Gasteiger charge is -2.21. The van der Waals surface area contributed by atoms with Crippen LogP contribution in [0.5, 0.6) is 0 Å². The van der Waals surface area contributed by atoms with Crippen molar-refractivity contribution in [2.24, 2.45) is 0 Å². The highest BCUT2D eigenvalue weighted by atomic mass is 16.5. The van der Waals surface area contributed by atoms with Crippen LogP contribution in [0.15, 0.2) is 23.0 Å². The molecular formula is C14H17N5O2. The third kappa shape index (κ3) is 2.92. The van der Waals surface area contributed by atoms with Crippen molar-refractivity contribution >= 4 is 5.91 Å². The molecule has 3 rings (SSSR count). The predicted octanol–water partition coefficient (Wildman–Crippen LogP) is 0.324. The highest BCUT2D eigenvalue weighted by molar-refractivity contribution is 5.82. The van der Waals surface area contributed by atoms with E-state index in [1.807, 2.05) is 12.3 Å². The standard InChI is InChI=1S/C14H17N5O2/c1-2-9-8-15-4-3-10(9)13-18-12(21-19-13)7-11-14(20)17-6-5-16-11/h3-4,8,11,16H,2,5-7H2,1H3,(H,17,20). The maximum absolute atomic E-state index is 11.7. The number of nitrogens with zero attached hydrogens (tertiary/aromatic N) is 3. The molecule has 7 nitrogen and oxygen atoms in total. The van der Waals surface area contributed by atoms with Crippen LogP contribution in [0.3, 0.4) is 0 Å². The quantitative estimate of drug-likeness (QED) is 0.841. The second-order valence-electron chi connectivity index (χ2n) is 4.90. The van der Waals surface area contributed by atoms with Crippen LogP contribution >= 0.6 is 0 Å². The minimum absolute atomic E-state index is 0.0286. The van der Waals surface area contributed by atoms with E-state index in [0.29, 0.717) is 24.7 Å². The molecule has 1 aliphatic heterocycles. The monoisotopic (exact) mass is 287 g/mol. The number of hydrogen-bond acceptors (Lipinski definition) is 6. The van der Waals surface area contributed by atoms with E-state index in [2.05, 4.69) is 32.7 Å². The van der Waals surface area contributed by atoms with Crippen molar-refractivity contribution in [3.63, 3.8) is 0 Å². The van der Waals surface area contributed by atoms with Crippen LogP contribution in [0.4, 0.5) is 0 Å². The molecule has 0 spiro atoms. The van der Waals surface area contributed by atoms with Gasteiger partial charge < -0.3 is 15.2 Å². The molecule has 2 N–H and O–H groups in total. The molecule has 3 heterocycles. The second kappa shape index (κ2) is 6.01. The first-order valence-corrected chi connectivity index (χ1v) is 7.05. The van der Waals surface area contributed by atoms with Crippen molar-refractivity contribution in [1.29, 1.82) is 0 Å². The van der Waals surface area contributed by atoms with E-state index in [0.717, 1.165) is 24.1 Å². The van der Waals surface area contributed by atoms with Gasteiger partial charge in [-0.15, -0.1) is 0 Å². The zero-order chi connectivity index (χ0) is 14.7. The van der Waals surface area contributed by atoms with E-state index in [4.69, 9.17) is 4.52 Å². The summed E-state index contributed by atoms with van der Waals surface area (Å²) in [5.74, 6) is 0.970. The molecule has 1 amide bonds. The molecular weight excluding hydrogens is 270 g/mol. The molecule has 1 saturated heterocycles. The molecule has 1 fully saturated rings.